The minimum absolute atomic E-state index is 0.112. The van der Waals surface area contributed by atoms with E-state index in [4.69, 9.17) is 0 Å². The second kappa shape index (κ2) is 7.36. The summed E-state index contributed by atoms with van der Waals surface area (Å²) in [5.74, 6) is -0.257. The summed E-state index contributed by atoms with van der Waals surface area (Å²) in [5.41, 5.74) is 1.77. The lowest BCUT2D eigenvalue weighted by molar-refractivity contribution is -0.384. The van der Waals surface area contributed by atoms with E-state index in [2.05, 4.69) is 4.98 Å². The summed E-state index contributed by atoms with van der Waals surface area (Å²) in [6.07, 6.45) is 1.29. The summed E-state index contributed by atoms with van der Waals surface area (Å²) < 4.78 is 1.17. The lowest BCUT2D eigenvalue weighted by atomic mass is 10.1. The second-order valence-corrected chi connectivity index (χ2v) is 6.31. The highest BCUT2D eigenvalue weighted by Crippen LogP contribution is 2.16. The largest absolute Gasteiger partial charge is 0.340 e. The van der Waals surface area contributed by atoms with Gasteiger partial charge >= 0.3 is 0 Å². The number of hydrogen-bond acceptors (Lipinski definition) is 5. The zero-order chi connectivity index (χ0) is 19.6. The highest BCUT2D eigenvalue weighted by molar-refractivity contribution is 5.80. The molecule has 0 bridgehead atoms. The maximum absolute atomic E-state index is 12.6. The maximum atomic E-state index is 12.6. The lowest BCUT2D eigenvalue weighted by Crippen LogP contribution is -2.33. The van der Waals surface area contributed by atoms with Crippen molar-refractivity contribution in [3.63, 3.8) is 0 Å². The molecule has 3 rings (SSSR count). The summed E-state index contributed by atoms with van der Waals surface area (Å²) in [7, 11) is 1.67. The van der Waals surface area contributed by atoms with Crippen molar-refractivity contribution >= 4 is 22.5 Å². The topological polar surface area (TPSA) is 98.3 Å². The van der Waals surface area contributed by atoms with Crippen molar-refractivity contribution in [1.29, 1.82) is 0 Å². The number of aryl methyl sites for hydroxylation is 1. The highest BCUT2D eigenvalue weighted by Gasteiger charge is 2.15. The second-order valence-electron chi connectivity index (χ2n) is 6.31. The van der Waals surface area contributed by atoms with Crippen molar-refractivity contribution in [1.82, 2.24) is 14.5 Å². The van der Waals surface area contributed by atoms with Crippen LogP contribution in [0.4, 0.5) is 5.69 Å². The van der Waals surface area contributed by atoms with Gasteiger partial charge in [-0.2, -0.15) is 0 Å². The molecule has 0 radical (unpaired) electrons. The molecule has 27 heavy (non-hydrogen) atoms. The number of nitro benzene ring substituents is 1. The van der Waals surface area contributed by atoms with Gasteiger partial charge < -0.3 is 4.90 Å². The zero-order valence-electron chi connectivity index (χ0n) is 15.0. The Bertz CT molecular complexity index is 1090. The zero-order valence-corrected chi connectivity index (χ0v) is 15.0. The SMILES string of the molecule is Cc1ccccc1CN(C)C(=O)Cn1cnc2ccc([N+](=O)[O-])cc2c1=O. The fourth-order valence-corrected chi connectivity index (χ4v) is 2.77. The van der Waals surface area contributed by atoms with E-state index < -0.39 is 10.5 Å². The van der Waals surface area contributed by atoms with Gasteiger partial charge in [0.25, 0.3) is 11.2 Å². The van der Waals surface area contributed by atoms with E-state index in [1.54, 1.807) is 7.05 Å². The first kappa shape index (κ1) is 18.2. The molecule has 8 nitrogen and oxygen atoms in total. The molecule has 0 saturated carbocycles. The number of non-ortho nitro benzene ring substituents is 1. The fraction of sp³-hybridized carbons (Fsp3) is 0.211. The van der Waals surface area contributed by atoms with Crippen molar-refractivity contribution in [3.05, 3.63) is 80.4 Å². The fourth-order valence-electron chi connectivity index (χ4n) is 2.77. The van der Waals surface area contributed by atoms with Crippen molar-refractivity contribution in [3.8, 4) is 0 Å². The van der Waals surface area contributed by atoms with Crippen LogP contribution in [0.1, 0.15) is 11.1 Å². The number of hydrogen-bond donors (Lipinski definition) is 0. The van der Waals surface area contributed by atoms with E-state index >= 15 is 0 Å². The number of fused-ring (bicyclic) bond motifs is 1. The summed E-state index contributed by atoms with van der Waals surface area (Å²) in [6.45, 7) is 2.21. The molecule has 1 heterocycles. The van der Waals surface area contributed by atoms with Gasteiger partial charge in [-0.15, -0.1) is 0 Å². The number of carbonyl (C=O) groups excluding carboxylic acids is 1. The van der Waals surface area contributed by atoms with E-state index in [-0.39, 0.29) is 23.5 Å². The van der Waals surface area contributed by atoms with Crippen molar-refractivity contribution in [2.24, 2.45) is 0 Å². The smallest absolute Gasteiger partial charge is 0.270 e. The Morgan fingerprint density at radius 1 is 1.26 bits per heavy atom. The van der Waals surface area contributed by atoms with Crippen LogP contribution in [-0.2, 0) is 17.9 Å². The number of likely N-dealkylation sites (N-methyl/N-ethyl adjacent to an activating group) is 1. The standard InChI is InChI=1S/C19H18N4O4/c1-13-5-3-4-6-14(13)10-21(2)18(24)11-22-12-20-17-8-7-15(23(26)27)9-16(17)19(22)25/h3-9,12H,10-11H2,1-2H3. The first-order valence-corrected chi connectivity index (χ1v) is 8.29. The molecular weight excluding hydrogens is 348 g/mol. The van der Waals surface area contributed by atoms with Gasteiger partial charge in [-0.3, -0.25) is 24.3 Å². The van der Waals surface area contributed by atoms with Crippen LogP contribution in [-0.4, -0.2) is 32.3 Å². The van der Waals surface area contributed by atoms with Crippen LogP contribution >= 0.6 is 0 Å². The molecule has 2 aromatic carbocycles. The molecule has 0 fully saturated rings. The first-order chi connectivity index (χ1) is 12.9. The Labute approximate surface area is 154 Å². The van der Waals surface area contributed by atoms with Crippen molar-refractivity contribution in [2.75, 3.05) is 7.05 Å². The van der Waals surface area contributed by atoms with Gasteiger partial charge in [-0.25, -0.2) is 4.98 Å². The van der Waals surface area contributed by atoms with E-state index in [9.17, 15) is 19.7 Å². The van der Waals surface area contributed by atoms with E-state index in [0.29, 0.717) is 12.1 Å². The molecule has 0 aliphatic carbocycles. The quantitative estimate of drug-likeness (QED) is 0.509. The number of nitrogens with zero attached hydrogens (tertiary/aromatic N) is 4. The predicted octanol–water partition coefficient (Wildman–Crippen LogP) is 2.27. The first-order valence-electron chi connectivity index (χ1n) is 8.29. The molecule has 138 valence electrons. The van der Waals surface area contributed by atoms with Gasteiger partial charge in [0, 0.05) is 25.7 Å². The number of amides is 1. The van der Waals surface area contributed by atoms with Gasteiger partial charge in [-0.1, -0.05) is 24.3 Å². The summed E-state index contributed by atoms with van der Waals surface area (Å²) in [4.78, 5) is 41.1. The number of carbonyl (C=O) groups is 1. The molecular formula is C19H18N4O4. The van der Waals surface area contributed by atoms with Crippen molar-refractivity contribution in [2.45, 2.75) is 20.0 Å². The van der Waals surface area contributed by atoms with Gasteiger partial charge in [0.2, 0.25) is 5.91 Å². The minimum Gasteiger partial charge on any atom is -0.340 e. The van der Waals surface area contributed by atoms with Crippen molar-refractivity contribution < 1.29 is 9.72 Å². The number of aromatic nitrogens is 2. The van der Waals surface area contributed by atoms with Gasteiger partial charge in [0.05, 0.1) is 22.2 Å². The van der Waals surface area contributed by atoms with Crippen LogP contribution in [0.5, 0.6) is 0 Å². The molecule has 0 aliphatic heterocycles. The van der Waals surface area contributed by atoms with Crippen LogP contribution in [0.25, 0.3) is 10.9 Å². The van der Waals surface area contributed by atoms with E-state index in [1.165, 1.54) is 34.0 Å². The summed E-state index contributed by atoms with van der Waals surface area (Å²) >= 11 is 0. The maximum Gasteiger partial charge on any atom is 0.270 e. The van der Waals surface area contributed by atoms with Gasteiger partial charge in [-0.05, 0) is 24.1 Å². The minimum atomic E-state index is -0.572. The predicted molar refractivity (Wildman–Crippen MR) is 100 cm³/mol. The number of benzene rings is 2. The Kier molecular flexibility index (Phi) is 4.98. The molecule has 0 N–H and O–H groups in total. The molecule has 8 heteroatoms. The molecule has 0 unspecified atom stereocenters. The number of rotatable bonds is 5. The Morgan fingerprint density at radius 2 is 2.00 bits per heavy atom. The van der Waals surface area contributed by atoms with Crippen LogP contribution in [0.15, 0.2) is 53.6 Å². The molecule has 1 amide bonds. The normalized spacial score (nSPS) is 10.7. The molecule has 0 spiro atoms. The molecule has 0 aliphatic rings. The van der Waals surface area contributed by atoms with E-state index in [0.717, 1.165) is 11.1 Å². The Hall–Kier alpha value is -3.55. The molecule has 0 saturated heterocycles. The molecule has 3 aromatic rings. The Morgan fingerprint density at radius 3 is 2.70 bits per heavy atom. The monoisotopic (exact) mass is 366 g/mol. The van der Waals surface area contributed by atoms with E-state index in [1.807, 2.05) is 31.2 Å². The number of nitro groups is 1. The Balaban J connectivity index is 1.84. The van der Waals surface area contributed by atoms with Crippen LogP contribution in [0.2, 0.25) is 0 Å². The third-order valence-corrected chi connectivity index (χ3v) is 4.42. The molecule has 0 atom stereocenters. The van der Waals surface area contributed by atoms with Gasteiger partial charge in [0.1, 0.15) is 6.54 Å². The van der Waals surface area contributed by atoms with Gasteiger partial charge in [0.15, 0.2) is 0 Å². The lowest BCUT2D eigenvalue weighted by Gasteiger charge is -2.19. The van der Waals surface area contributed by atoms with Crippen LogP contribution < -0.4 is 5.56 Å². The summed E-state index contributed by atoms with van der Waals surface area (Å²) in [6, 6.07) is 11.7. The molecule has 1 aromatic heterocycles. The average molecular weight is 366 g/mol. The third kappa shape index (κ3) is 3.84. The average Bonchev–Trinajstić information content (AvgIpc) is 2.65. The third-order valence-electron chi connectivity index (χ3n) is 4.42. The summed E-state index contributed by atoms with van der Waals surface area (Å²) in [5, 5.41) is 11.0. The van der Waals surface area contributed by atoms with Crippen LogP contribution in [0.3, 0.4) is 0 Å². The van der Waals surface area contributed by atoms with Crippen LogP contribution in [0, 0.1) is 17.0 Å². The highest BCUT2D eigenvalue weighted by atomic mass is 16.6.